The molecule has 9 heteroatoms. The normalized spacial score (nSPS) is 23.2. The molecule has 8 nitrogen and oxygen atoms in total. The Hall–Kier alpha value is -2.81. The average molecular weight is 373 g/mol. The van der Waals surface area contributed by atoms with Crippen molar-refractivity contribution in [3.8, 4) is 17.0 Å². The zero-order chi connectivity index (χ0) is 19.2. The number of nitrogens with two attached hydrogens (primary N) is 1. The number of Topliss-reactive ketones (excluding diaryl/α,β-unsaturated/α-hetero) is 1. The number of ketones is 1. The lowest BCUT2D eigenvalue weighted by molar-refractivity contribution is -0.123. The third kappa shape index (κ3) is 3.18. The number of pyridine rings is 1. The number of carbonyl (C=O) groups excluding carboxylic acids is 2. The molecule has 2 aliphatic rings. The third-order valence-corrected chi connectivity index (χ3v) is 5.43. The molecule has 1 amide bonds. The number of amides is 1. The maximum Gasteiger partial charge on any atom is 0.220 e. The molecule has 1 saturated carbocycles. The van der Waals surface area contributed by atoms with Crippen LogP contribution < -0.4 is 15.8 Å². The van der Waals surface area contributed by atoms with Crippen LogP contribution in [0.15, 0.2) is 18.5 Å². The molecule has 2 unspecified atom stereocenters. The van der Waals surface area contributed by atoms with Crippen LogP contribution in [-0.2, 0) is 4.79 Å². The summed E-state index contributed by atoms with van der Waals surface area (Å²) < 4.78 is 19.4. The van der Waals surface area contributed by atoms with E-state index in [-0.39, 0.29) is 34.4 Å². The van der Waals surface area contributed by atoms with Crippen molar-refractivity contribution in [3.05, 3.63) is 30.0 Å². The number of ether oxygens (including phenoxy) is 1. The van der Waals surface area contributed by atoms with Gasteiger partial charge in [0, 0.05) is 28.7 Å². The van der Waals surface area contributed by atoms with Crippen LogP contribution in [0.5, 0.6) is 5.88 Å². The molecule has 0 bridgehead atoms. The Kier molecular flexibility index (Phi) is 4.18. The lowest BCUT2D eigenvalue weighted by Crippen LogP contribution is -2.53. The van der Waals surface area contributed by atoms with E-state index < -0.39 is 17.8 Å². The predicted molar refractivity (Wildman–Crippen MR) is 93.5 cm³/mol. The molecule has 2 aromatic heterocycles. The number of nitrogens with one attached hydrogen (secondary N) is 2. The maximum atomic E-state index is 14.3. The molecule has 1 aliphatic heterocycles. The van der Waals surface area contributed by atoms with Crippen LogP contribution in [0.1, 0.15) is 36.2 Å². The number of aromatic nitrogens is 3. The van der Waals surface area contributed by atoms with Gasteiger partial charge in [0.15, 0.2) is 5.78 Å². The zero-order valence-electron chi connectivity index (χ0n) is 14.8. The van der Waals surface area contributed by atoms with Crippen molar-refractivity contribution in [2.75, 3.05) is 7.11 Å². The van der Waals surface area contributed by atoms with Crippen LogP contribution in [0, 0.1) is 11.7 Å². The highest BCUT2D eigenvalue weighted by Crippen LogP contribution is 2.46. The van der Waals surface area contributed by atoms with Crippen LogP contribution in [0.25, 0.3) is 11.1 Å². The summed E-state index contributed by atoms with van der Waals surface area (Å²) in [4.78, 5) is 28.7. The largest absolute Gasteiger partial charge is 0.481 e. The smallest absolute Gasteiger partial charge is 0.220 e. The molecule has 1 spiro atoms. The molecule has 142 valence electrons. The van der Waals surface area contributed by atoms with Gasteiger partial charge in [-0.25, -0.2) is 9.37 Å². The minimum Gasteiger partial charge on any atom is -0.481 e. The summed E-state index contributed by atoms with van der Waals surface area (Å²) >= 11 is 0. The van der Waals surface area contributed by atoms with Crippen molar-refractivity contribution in [2.24, 2.45) is 11.7 Å². The first-order chi connectivity index (χ1) is 12.9. The number of hydrogen-bond donors (Lipinski definition) is 3. The molecule has 2 atom stereocenters. The highest BCUT2D eigenvalue weighted by atomic mass is 19.1. The van der Waals surface area contributed by atoms with Gasteiger partial charge in [-0.2, -0.15) is 5.10 Å². The van der Waals surface area contributed by atoms with Gasteiger partial charge in [-0.05, 0) is 25.7 Å². The predicted octanol–water partition coefficient (Wildman–Crippen LogP) is 1.19. The molecule has 0 radical (unpaired) electrons. The lowest BCUT2D eigenvalue weighted by atomic mass is 9.83. The number of methoxy groups -OCH3 is 1. The van der Waals surface area contributed by atoms with Gasteiger partial charge in [0.1, 0.15) is 11.5 Å². The van der Waals surface area contributed by atoms with Crippen molar-refractivity contribution >= 4 is 11.7 Å². The summed E-state index contributed by atoms with van der Waals surface area (Å²) in [6, 6.07) is 0.838. The summed E-state index contributed by atoms with van der Waals surface area (Å²) in [5, 5.41) is 9.95. The number of nitrogens with zero attached hydrogens (tertiary/aromatic N) is 2. The maximum absolute atomic E-state index is 14.3. The van der Waals surface area contributed by atoms with Crippen molar-refractivity contribution in [1.82, 2.24) is 20.5 Å². The lowest BCUT2D eigenvalue weighted by Gasteiger charge is -2.34. The molecule has 0 aromatic carbocycles. The minimum absolute atomic E-state index is 0.169. The summed E-state index contributed by atoms with van der Waals surface area (Å²) in [6.45, 7) is 0. The second-order valence-corrected chi connectivity index (χ2v) is 7.25. The highest BCUT2D eigenvalue weighted by Gasteiger charge is 2.51. The first-order valence-electron chi connectivity index (χ1n) is 8.77. The van der Waals surface area contributed by atoms with Gasteiger partial charge in [0.2, 0.25) is 11.8 Å². The van der Waals surface area contributed by atoms with E-state index in [2.05, 4.69) is 20.5 Å². The fourth-order valence-corrected chi connectivity index (χ4v) is 3.81. The Bertz CT molecular complexity index is 908. The molecule has 2 aromatic rings. The highest BCUT2D eigenvalue weighted by molar-refractivity contribution is 6.04. The molecule has 27 heavy (non-hydrogen) atoms. The van der Waals surface area contributed by atoms with E-state index in [1.807, 2.05) is 0 Å². The van der Waals surface area contributed by atoms with Crippen molar-refractivity contribution in [3.63, 3.8) is 0 Å². The van der Waals surface area contributed by atoms with Crippen LogP contribution in [0.3, 0.4) is 0 Å². The summed E-state index contributed by atoms with van der Waals surface area (Å²) in [7, 11) is 1.43. The number of aromatic amines is 1. The zero-order valence-corrected chi connectivity index (χ0v) is 14.8. The number of primary amides is 1. The Labute approximate surface area is 154 Å². The number of hydrogen-bond acceptors (Lipinski definition) is 6. The van der Waals surface area contributed by atoms with E-state index in [0.717, 1.165) is 19.0 Å². The van der Waals surface area contributed by atoms with Gasteiger partial charge >= 0.3 is 0 Å². The monoisotopic (exact) mass is 373 g/mol. The van der Waals surface area contributed by atoms with E-state index in [4.69, 9.17) is 10.5 Å². The fraction of sp³-hybridized carbons (Fsp3) is 0.444. The minimum atomic E-state index is -0.587. The Balaban J connectivity index is 1.66. The Morgan fingerprint density at radius 3 is 2.78 bits per heavy atom. The first kappa shape index (κ1) is 17.6. The Morgan fingerprint density at radius 2 is 2.11 bits per heavy atom. The molecule has 1 saturated heterocycles. The van der Waals surface area contributed by atoms with Crippen molar-refractivity contribution < 1.29 is 18.7 Å². The van der Waals surface area contributed by atoms with Crippen molar-refractivity contribution in [1.29, 1.82) is 0 Å². The number of carbonyl (C=O) groups is 2. The van der Waals surface area contributed by atoms with E-state index in [1.165, 1.54) is 19.4 Å². The second-order valence-electron chi connectivity index (χ2n) is 7.25. The van der Waals surface area contributed by atoms with Crippen LogP contribution in [-0.4, -0.2) is 45.6 Å². The second kappa shape index (κ2) is 6.41. The molecule has 3 heterocycles. The number of halogens is 1. The van der Waals surface area contributed by atoms with Gasteiger partial charge in [-0.3, -0.25) is 14.7 Å². The van der Waals surface area contributed by atoms with E-state index in [0.29, 0.717) is 18.4 Å². The topological polar surface area (TPSA) is 123 Å². The molecular weight excluding hydrogens is 353 g/mol. The average Bonchev–Trinajstić information content (AvgIpc) is 3.21. The first-order valence-corrected chi connectivity index (χ1v) is 8.77. The van der Waals surface area contributed by atoms with E-state index >= 15 is 0 Å². The molecular formula is C18H20FN5O3. The van der Waals surface area contributed by atoms with Gasteiger partial charge < -0.3 is 15.8 Å². The fourth-order valence-electron chi connectivity index (χ4n) is 3.81. The van der Waals surface area contributed by atoms with Crippen LogP contribution in [0.4, 0.5) is 4.39 Å². The van der Waals surface area contributed by atoms with Crippen LogP contribution >= 0.6 is 0 Å². The number of piperidine rings is 1. The van der Waals surface area contributed by atoms with Crippen molar-refractivity contribution in [2.45, 2.75) is 37.3 Å². The molecule has 1 aliphatic carbocycles. The molecule has 2 fully saturated rings. The van der Waals surface area contributed by atoms with E-state index in [1.54, 1.807) is 0 Å². The standard InChI is InChI=1S/C18H20FN5O3/c1-27-14-5-10(12(19)8-21-14)11-7-22-24-15(11)16(25)13-4-9(17(20)26)6-18(23-13)2-3-18/h5,7-9,13,23H,2-4,6H2,1H3,(H2,20,26)(H,22,24). The van der Waals surface area contributed by atoms with E-state index in [9.17, 15) is 14.0 Å². The molecule has 4 rings (SSSR count). The number of H-pyrrole nitrogens is 1. The summed E-state index contributed by atoms with van der Waals surface area (Å²) in [5.41, 5.74) is 5.99. The Morgan fingerprint density at radius 1 is 1.33 bits per heavy atom. The third-order valence-electron chi connectivity index (χ3n) is 5.43. The van der Waals surface area contributed by atoms with Gasteiger partial charge in [-0.15, -0.1) is 0 Å². The number of rotatable bonds is 5. The quantitative estimate of drug-likeness (QED) is 0.677. The van der Waals surface area contributed by atoms with Crippen LogP contribution in [0.2, 0.25) is 0 Å². The van der Waals surface area contributed by atoms with Gasteiger partial charge in [0.05, 0.1) is 25.5 Å². The summed E-state index contributed by atoms with van der Waals surface area (Å²) in [6.07, 6.45) is 5.22. The van der Waals surface area contributed by atoms with Gasteiger partial charge in [0.25, 0.3) is 0 Å². The van der Waals surface area contributed by atoms with Gasteiger partial charge in [-0.1, -0.05) is 0 Å². The molecule has 4 N–H and O–H groups in total. The SMILES string of the molecule is COc1cc(-c2cn[nH]c2C(=O)C2CC(C(N)=O)CC3(CC3)N2)c(F)cn1. The summed E-state index contributed by atoms with van der Waals surface area (Å²) in [5.74, 6) is -1.37.